The lowest BCUT2D eigenvalue weighted by Gasteiger charge is -2.08. The van der Waals surface area contributed by atoms with E-state index in [0.29, 0.717) is 17.9 Å². The topological polar surface area (TPSA) is 59.3 Å². The van der Waals surface area contributed by atoms with Crippen molar-refractivity contribution >= 4 is 5.97 Å². The molecule has 2 aromatic carbocycles. The van der Waals surface area contributed by atoms with Crippen molar-refractivity contribution in [1.29, 1.82) is 5.26 Å². The van der Waals surface area contributed by atoms with Crippen LogP contribution in [0.5, 0.6) is 11.5 Å². The Balaban J connectivity index is 2.18. The van der Waals surface area contributed by atoms with Gasteiger partial charge in [0, 0.05) is 0 Å². The van der Waals surface area contributed by atoms with Crippen LogP contribution >= 0.6 is 0 Å². The Morgan fingerprint density at radius 3 is 2.57 bits per heavy atom. The minimum absolute atomic E-state index is 0.101. The number of hydrogen-bond donors (Lipinski definition) is 0. The number of carbonyl (C=O) groups excluding carboxylic acids is 1. The SMILES string of the molecule is CCOC(=O)c1ccc(Oc2ccc(F)cc2C#N)cc1. The molecule has 0 aliphatic rings. The highest BCUT2D eigenvalue weighted by molar-refractivity contribution is 5.89. The molecule has 0 atom stereocenters. The van der Waals surface area contributed by atoms with Gasteiger partial charge in [0.1, 0.15) is 23.4 Å². The highest BCUT2D eigenvalue weighted by Gasteiger charge is 2.08. The molecule has 0 saturated carbocycles. The van der Waals surface area contributed by atoms with E-state index in [1.165, 1.54) is 12.1 Å². The zero-order valence-corrected chi connectivity index (χ0v) is 11.3. The predicted molar refractivity (Wildman–Crippen MR) is 73.6 cm³/mol. The zero-order chi connectivity index (χ0) is 15.2. The lowest BCUT2D eigenvalue weighted by atomic mass is 10.2. The summed E-state index contributed by atoms with van der Waals surface area (Å²) in [4.78, 5) is 11.5. The molecule has 0 N–H and O–H groups in total. The van der Waals surface area contributed by atoms with Gasteiger partial charge in [-0.1, -0.05) is 0 Å². The summed E-state index contributed by atoms with van der Waals surface area (Å²) in [6, 6.07) is 11.8. The van der Waals surface area contributed by atoms with Gasteiger partial charge in [0.25, 0.3) is 0 Å². The number of rotatable bonds is 4. The van der Waals surface area contributed by atoms with Crippen LogP contribution in [0.25, 0.3) is 0 Å². The van der Waals surface area contributed by atoms with Crippen LogP contribution in [0.1, 0.15) is 22.8 Å². The Morgan fingerprint density at radius 1 is 1.24 bits per heavy atom. The van der Waals surface area contributed by atoms with E-state index in [1.807, 2.05) is 6.07 Å². The van der Waals surface area contributed by atoms with Gasteiger partial charge in [-0.05, 0) is 49.4 Å². The molecule has 0 aromatic heterocycles. The average molecular weight is 285 g/mol. The van der Waals surface area contributed by atoms with E-state index in [-0.39, 0.29) is 11.3 Å². The minimum atomic E-state index is -0.503. The molecule has 0 heterocycles. The van der Waals surface area contributed by atoms with Gasteiger partial charge in [0.05, 0.1) is 17.7 Å². The highest BCUT2D eigenvalue weighted by Crippen LogP contribution is 2.25. The van der Waals surface area contributed by atoms with Crippen LogP contribution in [0.15, 0.2) is 42.5 Å². The summed E-state index contributed by atoms with van der Waals surface area (Å²) in [5, 5.41) is 8.94. The van der Waals surface area contributed by atoms with Gasteiger partial charge in [-0.2, -0.15) is 5.26 Å². The number of hydrogen-bond acceptors (Lipinski definition) is 4. The molecule has 0 amide bonds. The summed E-state index contributed by atoms with van der Waals surface area (Å²) in [7, 11) is 0. The Morgan fingerprint density at radius 2 is 1.95 bits per heavy atom. The smallest absolute Gasteiger partial charge is 0.338 e. The summed E-state index contributed by atoms with van der Waals surface area (Å²) >= 11 is 0. The predicted octanol–water partition coefficient (Wildman–Crippen LogP) is 3.67. The number of nitrogens with zero attached hydrogens (tertiary/aromatic N) is 1. The maximum Gasteiger partial charge on any atom is 0.338 e. The molecule has 0 fully saturated rings. The van der Waals surface area contributed by atoms with E-state index in [0.717, 1.165) is 6.07 Å². The van der Waals surface area contributed by atoms with Gasteiger partial charge in [-0.15, -0.1) is 0 Å². The number of benzene rings is 2. The first kappa shape index (κ1) is 14.5. The van der Waals surface area contributed by atoms with Gasteiger partial charge < -0.3 is 9.47 Å². The normalized spacial score (nSPS) is 9.76. The van der Waals surface area contributed by atoms with Crippen LogP contribution in [0, 0.1) is 17.1 Å². The van der Waals surface area contributed by atoms with Crippen molar-refractivity contribution in [3.8, 4) is 17.6 Å². The molecule has 0 spiro atoms. The average Bonchev–Trinajstić information content (AvgIpc) is 2.50. The van der Waals surface area contributed by atoms with E-state index in [4.69, 9.17) is 14.7 Å². The first-order chi connectivity index (χ1) is 10.1. The molecule has 0 aliphatic carbocycles. The number of esters is 1. The van der Waals surface area contributed by atoms with Crippen LogP contribution in [-0.4, -0.2) is 12.6 Å². The van der Waals surface area contributed by atoms with Crippen molar-refractivity contribution in [1.82, 2.24) is 0 Å². The highest BCUT2D eigenvalue weighted by atomic mass is 19.1. The Bertz CT molecular complexity index is 690. The standard InChI is InChI=1S/C16H12FNO3/c1-2-20-16(19)11-3-6-14(7-4-11)21-15-8-5-13(17)9-12(15)10-18/h3-9H,2H2,1H3. The van der Waals surface area contributed by atoms with Crippen LogP contribution < -0.4 is 4.74 Å². The fraction of sp³-hybridized carbons (Fsp3) is 0.125. The molecule has 0 bridgehead atoms. The van der Waals surface area contributed by atoms with Gasteiger partial charge >= 0.3 is 5.97 Å². The lowest BCUT2D eigenvalue weighted by molar-refractivity contribution is 0.0526. The molecular weight excluding hydrogens is 273 g/mol. The number of halogens is 1. The number of nitriles is 1. The lowest BCUT2D eigenvalue weighted by Crippen LogP contribution is -2.04. The third-order valence-corrected chi connectivity index (χ3v) is 2.66. The van der Waals surface area contributed by atoms with E-state index < -0.39 is 11.8 Å². The Kier molecular flexibility index (Phi) is 4.52. The zero-order valence-electron chi connectivity index (χ0n) is 11.3. The molecule has 4 nitrogen and oxygen atoms in total. The van der Waals surface area contributed by atoms with Crippen LogP contribution in [0.3, 0.4) is 0 Å². The maximum atomic E-state index is 13.0. The monoisotopic (exact) mass is 285 g/mol. The molecule has 0 saturated heterocycles. The van der Waals surface area contributed by atoms with E-state index in [2.05, 4.69) is 0 Å². The first-order valence-corrected chi connectivity index (χ1v) is 6.28. The maximum absolute atomic E-state index is 13.0. The molecule has 21 heavy (non-hydrogen) atoms. The third-order valence-electron chi connectivity index (χ3n) is 2.66. The van der Waals surface area contributed by atoms with E-state index in [9.17, 15) is 9.18 Å². The second-order valence-electron chi connectivity index (χ2n) is 4.10. The first-order valence-electron chi connectivity index (χ1n) is 6.28. The molecule has 5 heteroatoms. The second-order valence-corrected chi connectivity index (χ2v) is 4.10. The number of carbonyl (C=O) groups is 1. The van der Waals surface area contributed by atoms with Gasteiger partial charge in [0.2, 0.25) is 0 Å². The summed E-state index contributed by atoms with van der Waals surface area (Å²) in [5.74, 6) is -0.228. The molecule has 0 aliphatic heterocycles. The molecule has 106 valence electrons. The van der Waals surface area contributed by atoms with Crippen LogP contribution in [-0.2, 0) is 4.74 Å². The number of ether oxygens (including phenoxy) is 2. The Labute approximate surface area is 121 Å². The van der Waals surface area contributed by atoms with Crippen molar-refractivity contribution in [2.24, 2.45) is 0 Å². The van der Waals surface area contributed by atoms with Crippen molar-refractivity contribution in [2.75, 3.05) is 6.61 Å². The molecule has 2 aromatic rings. The molecule has 0 unspecified atom stereocenters. The van der Waals surface area contributed by atoms with Crippen molar-refractivity contribution in [3.63, 3.8) is 0 Å². The van der Waals surface area contributed by atoms with Crippen molar-refractivity contribution in [3.05, 3.63) is 59.4 Å². The van der Waals surface area contributed by atoms with Crippen LogP contribution in [0.2, 0.25) is 0 Å². The fourth-order valence-electron chi connectivity index (χ4n) is 1.68. The van der Waals surface area contributed by atoms with Crippen molar-refractivity contribution in [2.45, 2.75) is 6.92 Å². The van der Waals surface area contributed by atoms with Crippen molar-refractivity contribution < 1.29 is 18.7 Å². The van der Waals surface area contributed by atoms with Gasteiger partial charge in [-0.25, -0.2) is 9.18 Å². The molecule has 2 rings (SSSR count). The summed E-state index contributed by atoms with van der Waals surface area (Å²) in [6.07, 6.45) is 0. The van der Waals surface area contributed by atoms with Gasteiger partial charge in [-0.3, -0.25) is 0 Å². The summed E-state index contributed by atoms with van der Waals surface area (Å²) < 4.78 is 23.4. The minimum Gasteiger partial charge on any atom is -0.462 e. The molecular formula is C16H12FNO3. The quantitative estimate of drug-likeness (QED) is 0.804. The fourth-order valence-corrected chi connectivity index (χ4v) is 1.68. The van der Waals surface area contributed by atoms with Gasteiger partial charge in [0.15, 0.2) is 0 Å². The Hall–Kier alpha value is -2.87. The van der Waals surface area contributed by atoms with E-state index >= 15 is 0 Å². The summed E-state index contributed by atoms with van der Waals surface area (Å²) in [6.45, 7) is 2.03. The van der Waals surface area contributed by atoms with E-state index in [1.54, 1.807) is 31.2 Å². The second kappa shape index (κ2) is 6.53. The van der Waals surface area contributed by atoms with Crippen LogP contribution in [0.4, 0.5) is 4.39 Å². The third kappa shape index (κ3) is 3.57. The summed E-state index contributed by atoms with van der Waals surface area (Å²) in [5.41, 5.74) is 0.508. The molecule has 0 radical (unpaired) electrons. The largest absolute Gasteiger partial charge is 0.462 e.